The fourth-order valence-corrected chi connectivity index (χ4v) is 4.55. The highest BCUT2D eigenvalue weighted by atomic mass is 16.5. The largest absolute Gasteiger partial charge is 0.501 e. The number of allylic oxidation sites excluding steroid dienone is 2. The van der Waals surface area contributed by atoms with Gasteiger partial charge in [-0.25, -0.2) is 0 Å². The Morgan fingerprint density at radius 3 is 1.44 bits per heavy atom. The Balaban J connectivity index is 1.46. The quantitative estimate of drug-likeness (QED) is 0.104. The van der Waals surface area contributed by atoms with Crippen LogP contribution in [-0.4, -0.2) is 38.3 Å². The van der Waals surface area contributed by atoms with E-state index in [-0.39, 0.29) is 5.41 Å². The molecule has 4 heteroatoms. The van der Waals surface area contributed by atoms with Crippen molar-refractivity contribution in [1.82, 2.24) is 4.90 Å². The molecule has 0 spiro atoms. The Labute approximate surface area is 248 Å². The van der Waals surface area contributed by atoms with E-state index in [0.29, 0.717) is 19.8 Å². The molecule has 218 valence electrons. The minimum Gasteiger partial charge on any atom is -0.501 e. The highest BCUT2D eigenvalue weighted by Gasteiger charge is 2.22. The SMILES string of the molecule is CCC(/C=C\OCCc1ccccc1)(/C=C\OCCc1ccccc1)CCCN(C)/C=C\OCCc1ccccc1. The van der Waals surface area contributed by atoms with Crippen LogP contribution in [0.15, 0.2) is 128 Å². The van der Waals surface area contributed by atoms with Crippen molar-refractivity contribution < 1.29 is 14.2 Å². The predicted octanol–water partition coefficient (Wildman–Crippen LogP) is 8.37. The predicted molar refractivity (Wildman–Crippen MR) is 170 cm³/mol. The number of rotatable bonds is 20. The lowest BCUT2D eigenvalue weighted by molar-refractivity contribution is 0.237. The number of ether oxygens (including phenoxy) is 3. The van der Waals surface area contributed by atoms with E-state index in [9.17, 15) is 0 Å². The number of benzene rings is 3. The zero-order valence-electron chi connectivity index (χ0n) is 24.9. The van der Waals surface area contributed by atoms with Crippen molar-refractivity contribution in [2.75, 3.05) is 33.4 Å². The second-order valence-electron chi connectivity index (χ2n) is 10.4. The summed E-state index contributed by atoms with van der Waals surface area (Å²) in [5.41, 5.74) is 3.74. The second-order valence-corrected chi connectivity index (χ2v) is 10.4. The van der Waals surface area contributed by atoms with Gasteiger partial charge in [-0.15, -0.1) is 0 Å². The summed E-state index contributed by atoms with van der Waals surface area (Å²) in [5.74, 6) is 0. The molecule has 0 aliphatic carbocycles. The van der Waals surface area contributed by atoms with Crippen LogP contribution in [0, 0.1) is 5.41 Å². The van der Waals surface area contributed by atoms with Crippen molar-refractivity contribution >= 4 is 0 Å². The zero-order chi connectivity index (χ0) is 28.9. The lowest BCUT2D eigenvalue weighted by Crippen LogP contribution is -2.19. The van der Waals surface area contributed by atoms with E-state index in [1.54, 1.807) is 6.26 Å². The highest BCUT2D eigenvalue weighted by molar-refractivity contribution is 5.16. The molecule has 0 N–H and O–H groups in total. The van der Waals surface area contributed by atoms with E-state index in [1.807, 2.05) is 36.9 Å². The number of nitrogens with zero attached hydrogens (tertiary/aromatic N) is 1. The van der Waals surface area contributed by atoms with Crippen molar-refractivity contribution in [2.24, 2.45) is 5.41 Å². The van der Waals surface area contributed by atoms with Gasteiger partial charge in [-0.3, -0.25) is 0 Å². The number of hydrogen-bond acceptors (Lipinski definition) is 4. The molecule has 0 saturated heterocycles. The highest BCUT2D eigenvalue weighted by Crippen LogP contribution is 2.32. The fraction of sp³-hybridized carbons (Fsp3) is 0.351. The first-order valence-electron chi connectivity index (χ1n) is 14.9. The second kappa shape index (κ2) is 19.2. The van der Waals surface area contributed by atoms with E-state index in [2.05, 4.69) is 104 Å². The molecule has 0 bridgehead atoms. The minimum absolute atomic E-state index is 0.129. The van der Waals surface area contributed by atoms with Gasteiger partial charge < -0.3 is 19.1 Å². The van der Waals surface area contributed by atoms with E-state index in [1.165, 1.54) is 16.7 Å². The van der Waals surface area contributed by atoms with Gasteiger partial charge in [-0.1, -0.05) is 97.9 Å². The number of hydrogen-bond donors (Lipinski definition) is 0. The van der Waals surface area contributed by atoms with Crippen LogP contribution in [0.25, 0.3) is 0 Å². The standard InChI is InChI=1S/C37H47NO3/c1-3-37(24-31-39-28-20-34-14-7-4-8-15-34,25-32-40-29-21-35-16-9-5-10-17-35)23-13-26-38(2)27-33-41-30-22-36-18-11-6-12-19-36/h4-12,14-19,24-25,27,31-33H,3,13,20-23,26,28-30H2,1-2H3/b31-24-,32-25-,33-27-. The average Bonchev–Trinajstić information content (AvgIpc) is 3.02. The Morgan fingerprint density at radius 2 is 1.02 bits per heavy atom. The molecule has 0 heterocycles. The van der Waals surface area contributed by atoms with E-state index in [4.69, 9.17) is 14.2 Å². The maximum Gasteiger partial charge on any atom is 0.0987 e. The maximum atomic E-state index is 5.92. The van der Waals surface area contributed by atoms with Crippen LogP contribution in [0.1, 0.15) is 42.9 Å². The van der Waals surface area contributed by atoms with Gasteiger partial charge in [0.2, 0.25) is 0 Å². The molecule has 0 radical (unpaired) electrons. The Hall–Kier alpha value is -3.92. The molecular formula is C37H47NO3. The molecule has 3 aromatic carbocycles. The van der Waals surface area contributed by atoms with Gasteiger partial charge in [0, 0.05) is 44.5 Å². The van der Waals surface area contributed by atoms with Gasteiger partial charge in [0.25, 0.3) is 0 Å². The third-order valence-electron chi connectivity index (χ3n) is 7.27. The zero-order valence-corrected chi connectivity index (χ0v) is 24.9. The Bertz CT molecular complexity index is 1090. The summed E-state index contributed by atoms with van der Waals surface area (Å²) >= 11 is 0. The van der Waals surface area contributed by atoms with Gasteiger partial charge >= 0.3 is 0 Å². The molecular weight excluding hydrogens is 506 g/mol. The van der Waals surface area contributed by atoms with Crippen LogP contribution in [-0.2, 0) is 33.5 Å². The molecule has 4 nitrogen and oxygen atoms in total. The van der Waals surface area contributed by atoms with Crippen LogP contribution in [0.3, 0.4) is 0 Å². The van der Waals surface area contributed by atoms with Gasteiger partial charge in [0.05, 0.1) is 38.6 Å². The van der Waals surface area contributed by atoms with Gasteiger partial charge in [0.1, 0.15) is 0 Å². The summed E-state index contributed by atoms with van der Waals surface area (Å²) in [5, 5.41) is 0. The molecule has 0 aliphatic rings. The maximum absolute atomic E-state index is 5.92. The molecule has 0 aromatic heterocycles. The first-order chi connectivity index (χ1) is 20.2. The minimum atomic E-state index is -0.129. The summed E-state index contributed by atoms with van der Waals surface area (Å²) in [6, 6.07) is 31.3. The molecule has 0 saturated carbocycles. The smallest absolute Gasteiger partial charge is 0.0987 e. The molecule has 0 aliphatic heterocycles. The van der Waals surface area contributed by atoms with Crippen LogP contribution in [0.2, 0.25) is 0 Å². The Morgan fingerprint density at radius 1 is 0.610 bits per heavy atom. The lowest BCUT2D eigenvalue weighted by Gasteiger charge is -2.27. The summed E-state index contributed by atoms with van der Waals surface area (Å²) < 4.78 is 17.6. The van der Waals surface area contributed by atoms with Crippen LogP contribution < -0.4 is 0 Å². The van der Waals surface area contributed by atoms with Crippen LogP contribution >= 0.6 is 0 Å². The first kappa shape index (κ1) is 31.6. The van der Waals surface area contributed by atoms with E-state index in [0.717, 1.165) is 45.1 Å². The fourth-order valence-electron chi connectivity index (χ4n) is 4.55. The molecule has 0 amide bonds. The molecule has 0 fully saturated rings. The van der Waals surface area contributed by atoms with E-state index >= 15 is 0 Å². The van der Waals surface area contributed by atoms with Crippen molar-refractivity contribution in [3.8, 4) is 0 Å². The molecule has 41 heavy (non-hydrogen) atoms. The molecule has 0 atom stereocenters. The summed E-state index contributed by atoms with van der Waals surface area (Å²) in [7, 11) is 2.09. The van der Waals surface area contributed by atoms with Crippen LogP contribution in [0.5, 0.6) is 0 Å². The van der Waals surface area contributed by atoms with Crippen molar-refractivity contribution in [3.05, 3.63) is 145 Å². The average molecular weight is 554 g/mol. The summed E-state index contributed by atoms with van der Waals surface area (Å²) in [6.07, 6.45) is 17.7. The summed E-state index contributed by atoms with van der Waals surface area (Å²) in [4.78, 5) is 2.18. The Kier molecular flexibility index (Phi) is 14.8. The van der Waals surface area contributed by atoms with Gasteiger partial charge in [0.15, 0.2) is 0 Å². The topological polar surface area (TPSA) is 30.9 Å². The monoisotopic (exact) mass is 553 g/mol. The van der Waals surface area contributed by atoms with Gasteiger partial charge in [-0.2, -0.15) is 0 Å². The van der Waals surface area contributed by atoms with Crippen LogP contribution in [0.4, 0.5) is 0 Å². The normalized spacial score (nSPS) is 11.9. The first-order valence-corrected chi connectivity index (χ1v) is 14.9. The molecule has 3 aromatic rings. The van der Waals surface area contributed by atoms with Crippen molar-refractivity contribution in [2.45, 2.75) is 45.4 Å². The molecule has 0 unspecified atom stereocenters. The van der Waals surface area contributed by atoms with Crippen molar-refractivity contribution in [3.63, 3.8) is 0 Å². The van der Waals surface area contributed by atoms with Crippen molar-refractivity contribution in [1.29, 1.82) is 0 Å². The third-order valence-corrected chi connectivity index (χ3v) is 7.27. The molecule has 3 rings (SSSR count). The lowest BCUT2D eigenvalue weighted by atomic mass is 9.80. The third kappa shape index (κ3) is 13.3. The van der Waals surface area contributed by atoms with Gasteiger partial charge in [-0.05, 0) is 48.1 Å². The summed E-state index contributed by atoms with van der Waals surface area (Å²) in [6.45, 7) is 5.17. The van der Waals surface area contributed by atoms with E-state index < -0.39 is 0 Å².